The Balaban J connectivity index is 2.11. The summed E-state index contributed by atoms with van der Waals surface area (Å²) in [5.41, 5.74) is 0.739. The van der Waals surface area contributed by atoms with Crippen LogP contribution < -0.4 is 5.32 Å². The van der Waals surface area contributed by atoms with Gasteiger partial charge >= 0.3 is 0 Å². The fourth-order valence-electron chi connectivity index (χ4n) is 1.23. The third-order valence-corrected chi connectivity index (χ3v) is 2.12. The average Bonchev–Trinajstić information content (AvgIpc) is 2.83. The maximum atomic E-state index is 5.12. The fourth-order valence-corrected chi connectivity index (χ4v) is 1.23. The van der Waals surface area contributed by atoms with E-state index in [1.807, 2.05) is 0 Å². The highest BCUT2D eigenvalue weighted by Crippen LogP contribution is 2.20. The lowest BCUT2D eigenvalue weighted by Gasteiger charge is -2.02. The second-order valence-electron chi connectivity index (χ2n) is 3.85. The molecule has 0 unspecified atom stereocenters. The summed E-state index contributed by atoms with van der Waals surface area (Å²) in [5, 5.41) is 10.7. The van der Waals surface area contributed by atoms with Gasteiger partial charge < -0.3 is 14.4 Å². The van der Waals surface area contributed by atoms with Gasteiger partial charge in [-0.2, -0.15) is 4.98 Å². The molecule has 16 heavy (non-hydrogen) atoms. The summed E-state index contributed by atoms with van der Waals surface area (Å²) in [6.07, 6.45) is 1.57. The van der Waals surface area contributed by atoms with Gasteiger partial charge in [0.2, 0.25) is 0 Å². The first-order chi connectivity index (χ1) is 7.66. The van der Waals surface area contributed by atoms with Crippen molar-refractivity contribution < 1.29 is 9.05 Å². The van der Waals surface area contributed by atoms with Gasteiger partial charge in [-0.1, -0.05) is 24.2 Å². The van der Waals surface area contributed by atoms with E-state index in [0.29, 0.717) is 30.1 Å². The molecule has 2 heterocycles. The first-order valence-corrected chi connectivity index (χ1v) is 5.14. The third-order valence-electron chi connectivity index (χ3n) is 2.12. The van der Waals surface area contributed by atoms with Crippen LogP contribution in [0.15, 0.2) is 15.2 Å². The molecule has 2 aromatic rings. The Morgan fingerprint density at radius 2 is 2.19 bits per heavy atom. The summed E-state index contributed by atoms with van der Waals surface area (Å²) < 4.78 is 10.1. The van der Waals surface area contributed by atoms with Crippen molar-refractivity contribution in [1.82, 2.24) is 20.6 Å². The quantitative estimate of drug-likeness (QED) is 0.845. The molecule has 0 fully saturated rings. The molecule has 0 saturated heterocycles. The van der Waals surface area contributed by atoms with Gasteiger partial charge in [0.1, 0.15) is 11.3 Å². The zero-order valence-corrected chi connectivity index (χ0v) is 9.52. The molecule has 86 valence electrons. The van der Waals surface area contributed by atoms with Crippen LogP contribution in [0.3, 0.4) is 0 Å². The first-order valence-electron chi connectivity index (χ1n) is 5.14. The van der Waals surface area contributed by atoms with Gasteiger partial charge in [0.15, 0.2) is 5.82 Å². The molecule has 0 aromatic carbocycles. The minimum atomic E-state index is 0.388. The molecule has 6 heteroatoms. The Labute approximate surface area is 93.0 Å². The van der Waals surface area contributed by atoms with E-state index in [2.05, 4.69) is 34.5 Å². The number of rotatable bonds is 4. The highest BCUT2D eigenvalue weighted by molar-refractivity contribution is 5.53. The first kappa shape index (κ1) is 10.8. The molecule has 0 saturated carbocycles. The molecule has 0 atom stereocenters. The van der Waals surface area contributed by atoms with Crippen LogP contribution in [0.2, 0.25) is 0 Å². The van der Waals surface area contributed by atoms with Crippen LogP contribution >= 0.6 is 0 Å². The van der Waals surface area contributed by atoms with Crippen molar-refractivity contribution in [2.75, 3.05) is 0 Å². The normalized spacial score (nSPS) is 11.2. The lowest BCUT2D eigenvalue weighted by Crippen LogP contribution is -2.22. The molecule has 2 aromatic heterocycles. The third kappa shape index (κ3) is 2.27. The molecule has 1 N–H and O–H groups in total. The lowest BCUT2D eigenvalue weighted by molar-refractivity contribution is 0.395. The van der Waals surface area contributed by atoms with Crippen LogP contribution in [0.5, 0.6) is 0 Å². The molecule has 0 aliphatic carbocycles. The molecule has 6 nitrogen and oxygen atoms in total. The Hall–Kier alpha value is -1.69. The van der Waals surface area contributed by atoms with Crippen molar-refractivity contribution in [2.24, 2.45) is 0 Å². The van der Waals surface area contributed by atoms with E-state index in [9.17, 15) is 0 Å². The largest absolute Gasteiger partial charge is 0.361 e. The van der Waals surface area contributed by atoms with Crippen LogP contribution in [0.25, 0.3) is 11.5 Å². The van der Waals surface area contributed by atoms with Crippen molar-refractivity contribution in [3.63, 3.8) is 0 Å². The zero-order chi connectivity index (χ0) is 11.5. The topological polar surface area (TPSA) is 77.0 Å². The Bertz CT molecular complexity index is 461. The van der Waals surface area contributed by atoms with E-state index in [4.69, 9.17) is 9.05 Å². The van der Waals surface area contributed by atoms with Crippen molar-refractivity contribution >= 4 is 0 Å². The summed E-state index contributed by atoms with van der Waals surface area (Å²) in [5.74, 6) is 1.75. The highest BCUT2D eigenvalue weighted by atomic mass is 16.5. The van der Waals surface area contributed by atoms with E-state index in [-0.39, 0.29) is 0 Å². The van der Waals surface area contributed by atoms with Gasteiger partial charge in [-0.15, -0.1) is 0 Å². The van der Waals surface area contributed by atoms with E-state index in [1.54, 1.807) is 13.1 Å². The van der Waals surface area contributed by atoms with Gasteiger partial charge in [-0.3, -0.25) is 0 Å². The second-order valence-corrected chi connectivity index (χ2v) is 3.85. The van der Waals surface area contributed by atoms with Crippen molar-refractivity contribution in [3.05, 3.63) is 17.8 Å². The monoisotopic (exact) mass is 222 g/mol. The molecular weight excluding hydrogens is 208 g/mol. The van der Waals surface area contributed by atoms with Crippen LogP contribution in [-0.2, 0) is 6.54 Å². The summed E-state index contributed by atoms with van der Waals surface area (Å²) >= 11 is 0. The average molecular weight is 222 g/mol. The molecule has 0 amide bonds. The fraction of sp³-hybridized carbons (Fsp3) is 0.500. The highest BCUT2D eigenvalue weighted by Gasteiger charge is 2.14. The number of nitrogens with one attached hydrogen (secondary N) is 1. The molecule has 0 aliphatic heterocycles. The molecule has 2 rings (SSSR count). The van der Waals surface area contributed by atoms with Crippen LogP contribution in [-0.4, -0.2) is 21.3 Å². The number of aromatic nitrogens is 3. The van der Waals surface area contributed by atoms with Gasteiger partial charge in [0, 0.05) is 6.04 Å². The zero-order valence-electron chi connectivity index (χ0n) is 9.52. The van der Waals surface area contributed by atoms with Crippen molar-refractivity contribution in [3.8, 4) is 11.5 Å². The van der Waals surface area contributed by atoms with Gasteiger partial charge in [0.25, 0.3) is 5.89 Å². The second kappa shape index (κ2) is 4.44. The van der Waals surface area contributed by atoms with E-state index in [0.717, 1.165) is 5.56 Å². The predicted octanol–water partition coefficient (Wildman–Crippen LogP) is 1.53. The molecule has 0 spiro atoms. The SMILES string of the molecule is Cc1oncc1-c1nc(CNC(C)C)no1. The maximum Gasteiger partial charge on any atom is 0.263 e. The van der Waals surface area contributed by atoms with E-state index >= 15 is 0 Å². The molecule has 0 radical (unpaired) electrons. The van der Waals surface area contributed by atoms with Crippen molar-refractivity contribution in [2.45, 2.75) is 33.4 Å². The Kier molecular flexibility index (Phi) is 3.00. The number of nitrogens with zero attached hydrogens (tertiary/aromatic N) is 3. The van der Waals surface area contributed by atoms with Crippen LogP contribution in [0.1, 0.15) is 25.4 Å². The number of aryl methyl sites for hydroxylation is 1. The smallest absolute Gasteiger partial charge is 0.263 e. The molecule has 0 bridgehead atoms. The van der Waals surface area contributed by atoms with Gasteiger partial charge in [0.05, 0.1) is 12.7 Å². The van der Waals surface area contributed by atoms with Gasteiger partial charge in [-0.05, 0) is 6.92 Å². The van der Waals surface area contributed by atoms with Crippen molar-refractivity contribution in [1.29, 1.82) is 0 Å². The maximum absolute atomic E-state index is 5.12. The van der Waals surface area contributed by atoms with Gasteiger partial charge in [-0.25, -0.2) is 0 Å². The summed E-state index contributed by atoms with van der Waals surface area (Å²) in [7, 11) is 0. The lowest BCUT2D eigenvalue weighted by atomic mass is 10.3. The Morgan fingerprint density at radius 3 is 2.81 bits per heavy atom. The molecular formula is C10H14N4O2. The predicted molar refractivity (Wildman–Crippen MR) is 56.5 cm³/mol. The van der Waals surface area contributed by atoms with Crippen LogP contribution in [0.4, 0.5) is 0 Å². The number of hydrogen-bond donors (Lipinski definition) is 1. The summed E-state index contributed by atoms with van der Waals surface area (Å²) in [4.78, 5) is 4.25. The van der Waals surface area contributed by atoms with E-state index < -0.39 is 0 Å². The van der Waals surface area contributed by atoms with E-state index in [1.165, 1.54) is 0 Å². The summed E-state index contributed by atoms with van der Waals surface area (Å²) in [6.45, 7) is 6.51. The minimum absolute atomic E-state index is 0.388. The van der Waals surface area contributed by atoms with Crippen LogP contribution in [0, 0.1) is 6.92 Å². The minimum Gasteiger partial charge on any atom is -0.361 e. The molecule has 0 aliphatic rings. The Morgan fingerprint density at radius 1 is 1.38 bits per heavy atom. The standard InChI is InChI=1S/C10H14N4O2/c1-6(2)11-5-9-13-10(16-14-9)8-4-12-15-7(8)3/h4,6,11H,5H2,1-3H3. The number of hydrogen-bond acceptors (Lipinski definition) is 6. The summed E-state index contributed by atoms with van der Waals surface area (Å²) in [6, 6.07) is 0.388.